The van der Waals surface area contributed by atoms with Crippen molar-refractivity contribution in [2.75, 3.05) is 0 Å². The fourth-order valence-corrected chi connectivity index (χ4v) is 2.92. The van der Waals surface area contributed by atoms with Crippen LogP contribution in [0.5, 0.6) is 0 Å². The third kappa shape index (κ3) is 2.63. The number of pyridine rings is 1. The number of nitrogens with two attached hydrogens (primary N) is 1. The summed E-state index contributed by atoms with van der Waals surface area (Å²) in [5, 5.41) is 0. The van der Waals surface area contributed by atoms with E-state index in [1.165, 1.54) is 0 Å². The highest BCUT2D eigenvalue weighted by molar-refractivity contribution is 5.87. The predicted octanol–water partition coefficient (Wildman–Crippen LogP) is 1.84. The largest absolute Gasteiger partial charge is 0.332 e. The van der Waals surface area contributed by atoms with Gasteiger partial charge in [0.15, 0.2) is 0 Å². The summed E-state index contributed by atoms with van der Waals surface area (Å²) in [6.07, 6.45) is 7.80. The van der Waals surface area contributed by atoms with Crippen LogP contribution in [-0.2, 0) is 11.3 Å². The maximum atomic E-state index is 12.7. The molecule has 2 aliphatic carbocycles. The third-order valence-corrected chi connectivity index (χ3v) is 4.23. The van der Waals surface area contributed by atoms with Crippen LogP contribution in [0, 0.1) is 0 Å². The van der Waals surface area contributed by atoms with E-state index in [4.69, 9.17) is 5.73 Å². The molecule has 1 aromatic rings. The van der Waals surface area contributed by atoms with Gasteiger partial charge in [0.25, 0.3) is 0 Å². The molecule has 1 aromatic heterocycles. The number of carbonyl (C=O) groups excluding carboxylic acids is 1. The van der Waals surface area contributed by atoms with Gasteiger partial charge in [0.05, 0.1) is 17.8 Å². The highest BCUT2D eigenvalue weighted by atomic mass is 16.2. The minimum absolute atomic E-state index is 0.137. The fraction of sp³-hybridized carbons (Fsp3) is 0.600. The first kappa shape index (κ1) is 12.6. The number of rotatable bonds is 4. The molecule has 1 heterocycles. The molecule has 0 atom stereocenters. The van der Waals surface area contributed by atoms with Crippen LogP contribution in [0.2, 0.25) is 0 Å². The molecule has 2 N–H and O–H groups in total. The molecule has 2 aliphatic rings. The summed E-state index contributed by atoms with van der Waals surface area (Å²) >= 11 is 0. The molecule has 3 rings (SSSR count). The van der Waals surface area contributed by atoms with Crippen molar-refractivity contribution >= 4 is 5.91 Å². The Kier molecular flexibility index (Phi) is 3.27. The number of nitrogens with zero attached hydrogens (tertiary/aromatic N) is 2. The first-order valence-corrected chi connectivity index (χ1v) is 7.19. The molecule has 2 saturated carbocycles. The van der Waals surface area contributed by atoms with E-state index in [1.807, 2.05) is 23.1 Å². The maximum Gasteiger partial charge on any atom is 0.243 e. The molecule has 0 radical (unpaired) electrons. The molecular formula is C15H21N3O. The maximum absolute atomic E-state index is 12.7. The monoisotopic (exact) mass is 259 g/mol. The van der Waals surface area contributed by atoms with Gasteiger partial charge in [-0.1, -0.05) is 18.9 Å². The second kappa shape index (κ2) is 4.93. The summed E-state index contributed by atoms with van der Waals surface area (Å²) in [6.45, 7) is 0.600. The highest BCUT2D eigenvalue weighted by Crippen LogP contribution is 2.34. The predicted molar refractivity (Wildman–Crippen MR) is 73.2 cm³/mol. The Bertz CT molecular complexity index is 450. The van der Waals surface area contributed by atoms with E-state index >= 15 is 0 Å². The van der Waals surface area contributed by atoms with E-state index in [-0.39, 0.29) is 5.91 Å². The highest BCUT2D eigenvalue weighted by Gasteiger charge is 2.44. The second-order valence-corrected chi connectivity index (χ2v) is 5.85. The Morgan fingerprint density at radius 1 is 1.37 bits per heavy atom. The minimum atomic E-state index is -0.614. The van der Waals surface area contributed by atoms with Gasteiger partial charge in [-0.15, -0.1) is 0 Å². The number of hydrogen-bond donors (Lipinski definition) is 1. The van der Waals surface area contributed by atoms with Gasteiger partial charge in [0, 0.05) is 12.2 Å². The average molecular weight is 259 g/mol. The zero-order valence-electron chi connectivity index (χ0n) is 11.2. The molecule has 102 valence electrons. The summed E-state index contributed by atoms with van der Waals surface area (Å²) in [7, 11) is 0. The molecule has 2 fully saturated rings. The number of hydrogen-bond acceptors (Lipinski definition) is 3. The van der Waals surface area contributed by atoms with E-state index in [1.54, 1.807) is 6.20 Å². The summed E-state index contributed by atoms with van der Waals surface area (Å²) in [5.74, 6) is 0.137. The molecule has 1 amide bonds. The van der Waals surface area contributed by atoms with Crippen molar-refractivity contribution in [1.29, 1.82) is 0 Å². The lowest BCUT2D eigenvalue weighted by atomic mass is 9.97. The summed E-state index contributed by atoms with van der Waals surface area (Å²) in [6, 6.07) is 6.22. The number of aromatic nitrogens is 1. The van der Waals surface area contributed by atoms with Crippen molar-refractivity contribution in [1.82, 2.24) is 9.88 Å². The van der Waals surface area contributed by atoms with Crippen molar-refractivity contribution in [3.05, 3.63) is 30.1 Å². The molecule has 0 aliphatic heterocycles. The molecule has 0 saturated heterocycles. The van der Waals surface area contributed by atoms with Crippen LogP contribution in [0.15, 0.2) is 24.4 Å². The normalized spacial score (nSPS) is 21.3. The van der Waals surface area contributed by atoms with Crippen LogP contribution >= 0.6 is 0 Å². The Morgan fingerprint density at radius 3 is 2.68 bits per heavy atom. The van der Waals surface area contributed by atoms with Gasteiger partial charge >= 0.3 is 0 Å². The van der Waals surface area contributed by atoms with Crippen LogP contribution in [0.1, 0.15) is 44.2 Å². The van der Waals surface area contributed by atoms with E-state index < -0.39 is 5.54 Å². The molecular weight excluding hydrogens is 238 g/mol. The fourth-order valence-electron chi connectivity index (χ4n) is 2.92. The minimum Gasteiger partial charge on any atom is -0.332 e. The zero-order valence-corrected chi connectivity index (χ0v) is 11.2. The van der Waals surface area contributed by atoms with Crippen molar-refractivity contribution in [2.45, 2.75) is 56.7 Å². The van der Waals surface area contributed by atoms with Crippen LogP contribution in [0.4, 0.5) is 0 Å². The van der Waals surface area contributed by atoms with E-state index in [0.29, 0.717) is 12.6 Å². The van der Waals surface area contributed by atoms with Crippen LogP contribution in [0.25, 0.3) is 0 Å². The lowest BCUT2D eigenvalue weighted by Crippen LogP contribution is -2.54. The summed E-state index contributed by atoms with van der Waals surface area (Å²) < 4.78 is 0. The number of amides is 1. The SMILES string of the molecule is NC1(C(=O)N(Cc2ccccn2)C2CC2)CCCC1. The molecule has 0 bridgehead atoms. The van der Waals surface area contributed by atoms with Crippen molar-refractivity contribution in [3.8, 4) is 0 Å². The Hall–Kier alpha value is -1.42. The van der Waals surface area contributed by atoms with Gasteiger partial charge in [-0.2, -0.15) is 0 Å². The van der Waals surface area contributed by atoms with Gasteiger partial charge in [-0.05, 0) is 37.8 Å². The quantitative estimate of drug-likeness (QED) is 0.897. The molecule has 4 nitrogen and oxygen atoms in total. The average Bonchev–Trinajstić information content (AvgIpc) is 3.18. The number of carbonyl (C=O) groups is 1. The Balaban J connectivity index is 1.76. The van der Waals surface area contributed by atoms with Gasteiger partial charge in [0.1, 0.15) is 0 Å². The van der Waals surface area contributed by atoms with Crippen molar-refractivity contribution < 1.29 is 4.79 Å². The van der Waals surface area contributed by atoms with E-state index in [0.717, 1.165) is 44.2 Å². The van der Waals surface area contributed by atoms with Crippen molar-refractivity contribution in [3.63, 3.8) is 0 Å². The van der Waals surface area contributed by atoms with E-state index in [9.17, 15) is 4.79 Å². The Morgan fingerprint density at radius 2 is 2.11 bits per heavy atom. The van der Waals surface area contributed by atoms with Crippen molar-refractivity contribution in [2.24, 2.45) is 5.73 Å². The molecule has 0 unspecified atom stereocenters. The molecule has 0 spiro atoms. The Labute approximate surface area is 114 Å². The first-order valence-electron chi connectivity index (χ1n) is 7.19. The topological polar surface area (TPSA) is 59.2 Å². The van der Waals surface area contributed by atoms with Gasteiger partial charge in [-0.3, -0.25) is 9.78 Å². The van der Waals surface area contributed by atoms with E-state index in [2.05, 4.69) is 4.98 Å². The second-order valence-electron chi connectivity index (χ2n) is 5.85. The zero-order chi connectivity index (χ0) is 13.3. The third-order valence-electron chi connectivity index (χ3n) is 4.23. The van der Waals surface area contributed by atoms with Crippen LogP contribution in [0.3, 0.4) is 0 Å². The van der Waals surface area contributed by atoms with Gasteiger partial charge in [0.2, 0.25) is 5.91 Å². The smallest absolute Gasteiger partial charge is 0.243 e. The first-order chi connectivity index (χ1) is 9.19. The summed E-state index contributed by atoms with van der Waals surface area (Å²) in [4.78, 5) is 19.0. The van der Waals surface area contributed by atoms with Crippen LogP contribution in [-0.4, -0.2) is 27.4 Å². The lowest BCUT2D eigenvalue weighted by molar-refractivity contribution is -0.138. The van der Waals surface area contributed by atoms with Gasteiger partial charge < -0.3 is 10.6 Å². The summed E-state index contributed by atoms with van der Waals surface area (Å²) in [5.41, 5.74) is 6.65. The van der Waals surface area contributed by atoms with Gasteiger partial charge in [-0.25, -0.2) is 0 Å². The standard InChI is InChI=1S/C15H21N3O/c16-15(8-2-3-9-15)14(19)18(13-6-7-13)11-12-5-1-4-10-17-12/h1,4-5,10,13H,2-3,6-9,11,16H2. The molecule has 19 heavy (non-hydrogen) atoms. The molecule has 0 aromatic carbocycles. The molecule has 4 heteroatoms. The van der Waals surface area contributed by atoms with Crippen LogP contribution < -0.4 is 5.73 Å². The lowest BCUT2D eigenvalue weighted by Gasteiger charge is -2.31.